The summed E-state index contributed by atoms with van der Waals surface area (Å²) in [4.78, 5) is 0.189. The first-order chi connectivity index (χ1) is 9.92. The summed E-state index contributed by atoms with van der Waals surface area (Å²) in [6.45, 7) is 3.80. The molecule has 0 atom stereocenters. The SMILES string of the molecule is COc1ccc(/C=N/S(=O)(=O)c2ccc(C)cc2)cc1C. The average Bonchev–Trinajstić information content (AvgIpc) is 2.46. The van der Waals surface area contributed by atoms with E-state index in [2.05, 4.69) is 4.40 Å². The van der Waals surface area contributed by atoms with Crippen LogP contribution in [-0.2, 0) is 10.0 Å². The van der Waals surface area contributed by atoms with E-state index in [-0.39, 0.29) is 4.90 Å². The van der Waals surface area contributed by atoms with Crippen LogP contribution in [-0.4, -0.2) is 21.7 Å². The number of rotatable bonds is 4. The van der Waals surface area contributed by atoms with Crippen LogP contribution in [0.2, 0.25) is 0 Å². The molecule has 0 aliphatic rings. The molecule has 21 heavy (non-hydrogen) atoms. The maximum Gasteiger partial charge on any atom is 0.282 e. The van der Waals surface area contributed by atoms with Gasteiger partial charge < -0.3 is 4.74 Å². The van der Waals surface area contributed by atoms with Crippen molar-refractivity contribution in [3.05, 3.63) is 59.2 Å². The summed E-state index contributed by atoms with van der Waals surface area (Å²) < 4.78 is 33.1. The molecule has 0 aromatic heterocycles. The summed E-state index contributed by atoms with van der Waals surface area (Å²) in [6, 6.07) is 12.0. The van der Waals surface area contributed by atoms with Crippen LogP contribution in [0.5, 0.6) is 5.75 Å². The summed E-state index contributed by atoms with van der Waals surface area (Å²) in [6.07, 6.45) is 1.35. The van der Waals surface area contributed by atoms with E-state index in [1.807, 2.05) is 19.9 Å². The van der Waals surface area contributed by atoms with E-state index >= 15 is 0 Å². The molecule has 4 nitrogen and oxygen atoms in total. The van der Waals surface area contributed by atoms with Crippen molar-refractivity contribution in [1.82, 2.24) is 0 Å². The molecular weight excluding hydrogens is 286 g/mol. The van der Waals surface area contributed by atoms with Crippen LogP contribution in [0.3, 0.4) is 0 Å². The van der Waals surface area contributed by atoms with Gasteiger partial charge in [-0.1, -0.05) is 17.7 Å². The lowest BCUT2D eigenvalue weighted by molar-refractivity contribution is 0.411. The second-order valence-corrected chi connectivity index (χ2v) is 6.38. The number of ether oxygens (including phenoxy) is 1. The number of benzene rings is 2. The molecule has 0 aliphatic heterocycles. The third kappa shape index (κ3) is 3.70. The molecule has 2 rings (SSSR count). The Balaban J connectivity index is 2.27. The quantitative estimate of drug-likeness (QED) is 0.815. The van der Waals surface area contributed by atoms with Gasteiger partial charge in [0.05, 0.1) is 12.0 Å². The van der Waals surface area contributed by atoms with Crippen molar-refractivity contribution in [3.63, 3.8) is 0 Å². The fraction of sp³-hybridized carbons (Fsp3) is 0.188. The van der Waals surface area contributed by atoms with Crippen molar-refractivity contribution in [1.29, 1.82) is 0 Å². The first-order valence-corrected chi connectivity index (χ1v) is 7.88. The fourth-order valence-corrected chi connectivity index (χ4v) is 2.75. The zero-order valence-electron chi connectivity index (χ0n) is 12.2. The minimum Gasteiger partial charge on any atom is -0.496 e. The Hall–Kier alpha value is -2.14. The molecule has 0 bridgehead atoms. The van der Waals surface area contributed by atoms with E-state index in [9.17, 15) is 8.42 Å². The minimum absolute atomic E-state index is 0.189. The highest BCUT2D eigenvalue weighted by molar-refractivity contribution is 7.90. The van der Waals surface area contributed by atoms with Gasteiger partial charge in [0, 0.05) is 6.21 Å². The number of hydrogen-bond acceptors (Lipinski definition) is 3. The normalized spacial score (nSPS) is 11.8. The zero-order valence-corrected chi connectivity index (χ0v) is 13.0. The van der Waals surface area contributed by atoms with Crippen LogP contribution in [0.15, 0.2) is 51.8 Å². The zero-order chi connectivity index (χ0) is 15.5. The minimum atomic E-state index is -3.67. The lowest BCUT2D eigenvalue weighted by Crippen LogP contribution is -1.98. The smallest absolute Gasteiger partial charge is 0.282 e. The predicted octanol–water partition coefficient (Wildman–Crippen LogP) is 3.12. The van der Waals surface area contributed by atoms with Gasteiger partial charge in [-0.25, -0.2) is 0 Å². The maximum absolute atomic E-state index is 12.1. The van der Waals surface area contributed by atoms with Gasteiger partial charge in [-0.2, -0.15) is 12.8 Å². The molecule has 0 aliphatic carbocycles. The highest BCUT2D eigenvalue weighted by Gasteiger charge is 2.11. The number of hydrogen-bond donors (Lipinski definition) is 0. The van der Waals surface area contributed by atoms with E-state index in [0.717, 1.165) is 16.9 Å². The van der Waals surface area contributed by atoms with Gasteiger partial charge in [0.15, 0.2) is 0 Å². The molecule has 0 unspecified atom stereocenters. The Labute approximate surface area is 125 Å². The molecular formula is C16H17NO3S. The first kappa shape index (κ1) is 15.3. The molecule has 0 fully saturated rings. The largest absolute Gasteiger partial charge is 0.496 e. The van der Waals surface area contributed by atoms with E-state index < -0.39 is 10.0 Å². The fourth-order valence-electron chi connectivity index (χ4n) is 1.88. The van der Waals surface area contributed by atoms with Crippen molar-refractivity contribution in [2.75, 3.05) is 7.11 Å². The van der Waals surface area contributed by atoms with E-state index in [4.69, 9.17) is 4.74 Å². The Morgan fingerprint density at radius 3 is 2.29 bits per heavy atom. The number of methoxy groups -OCH3 is 1. The number of nitrogens with zero attached hydrogens (tertiary/aromatic N) is 1. The molecule has 2 aromatic carbocycles. The third-order valence-electron chi connectivity index (χ3n) is 3.08. The van der Waals surface area contributed by atoms with Crippen molar-refractivity contribution in [2.24, 2.45) is 4.40 Å². The van der Waals surface area contributed by atoms with Gasteiger partial charge >= 0.3 is 0 Å². The average molecular weight is 303 g/mol. The highest BCUT2D eigenvalue weighted by atomic mass is 32.2. The van der Waals surface area contributed by atoms with Crippen molar-refractivity contribution >= 4 is 16.2 Å². The topological polar surface area (TPSA) is 55.7 Å². The second kappa shape index (κ2) is 6.10. The molecule has 0 amide bonds. The standard InChI is InChI=1S/C16H17NO3S/c1-12-4-7-15(8-5-12)21(18,19)17-11-14-6-9-16(20-3)13(2)10-14/h4-11H,1-3H3/b17-11+. The van der Waals surface area contributed by atoms with Gasteiger partial charge in [0.1, 0.15) is 5.75 Å². The van der Waals surface area contributed by atoms with Crippen molar-refractivity contribution < 1.29 is 13.2 Å². The summed E-state index contributed by atoms with van der Waals surface area (Å²) >= 11 is 0. The molecule has 0 heterocycles. The van der Waals surface area contributed by atoms with Crippen molar-refractivity contribution in [2.45, 2.75) is 18.7 Å². The van der Waals surface area contributed by atoms with E-state index in [1.54, 1.807) is 43.5 Å². The maximum atomic E-state index is 12.1. The molecule has 2 aromatic rings. The Bertz CT molecular complexity index is 763. The molecule has 5 heteroatoms. The van der Waals surface area contributed by atoms with Gasteiger partial charge in [-0.05, 0) is 55.3 Å². The second-order valence-electron chi connectivity index (χ2n) is 4.75. The summed E-state index contributed by atoms with van der Waals surface area (Å²) in [5, 5.41) is 0. The number of sulfonamides is 1. The van der Waals surface area contributed by atoms with Gasteiger partial charge in [0.25, 0.3) is 10.0 Å². The summed E-state index contributed by atoms with van der Waals surface area (Å²) in [7, 11) is -2.07. The molecule has 0 saturated carbocycles. The highest BCUT2D eigenvalue weighted by Crippen LogP contribution is 2.18. The third-order valence-corrected chi connectivity index (χ3v) is 4.33. The van der Waals surface area contributed by atoms with Crippen molar-refractivity contribution in [3.8, 4) is 5.75 Å². The lowest BCUT2D eigenvalue weighted by Gasteiger charge is -2.04. The van der Waals surface area contributed by atoms with Crippen LogP contribution in [0.1, 0.15) is 16.7 Å². The molecule has 110 valence electrons. The van der Waals surface area contributed by atoms with Gasteiger partial charge in [0.2, 0.25) is 0 Å². The molecule has 0 radical (unpaired) electrons. The molecule has 0 N–H and O–H groups in total. The predicted molar refractivity (Wildman–Crippen MR) is 83.7 cm³/mol. The van der Waals surface area contributed by atoms with Gasteiger partial charge in [-0.15, -0.1) is 0 Å². The summed E-state index contributed by atoms with van der Waals surface area (Å²) in [5.41, 5.74) is 2.64. The van der Waals surface area contributed by atoms with E-state index in [0.29, 0.717) is 5.56 Å². The lowest BCUT2D eigenvalue weighted by atomic mass is 10.1. The van der Waals surface area contributed by atoms with Crippen LogP contribution in [0, 0.1) is 13.8 Å². The number of aryl methyl sites for hydroxylation is 2. The van der Waals surface area contributed by atoms with Crippen LogP contribution in [0.25, 0.3) is 0 Å². The van der Waals surface area contributed by atoms with Crippen LogP contribution < -0.4 is 4.74 Å². The Kier molecular flexibility index (Phi) is 4.43. The summed E-state index contributed by atoms with van der Waals surface area (Å²) in [5.74, 6) is 0.758. The van der Waals surface area contributed by atoms with Gasteiger partial charge in [-0.3, -0.25) is 0 Å². The van der Waals surface area contributed by atoms with Crippen LogP contribution >= 0.6 is 0 Å². The molecule has 0 spiro atoms. The van der Waals surface area contributed by atoms with Crippen LogP contribution in [0.4, 0.5) is 0 Å². The molecule has 0 saturated heterocycles. The van der Waals surface area contributed by atoms with E-state index in [1.165, 1.54) is 6.21 Å². The monoisotopic (exact) mass is 303 g/mol. The Morgan fingerprint density at radius 1 is 1.05 bits per heavy atom. The Morgan fingerprint density at radius 2 is 1.71 bits per heavy atom. The first-order valence-electron chi connectivity index (χ1n) is 6.44.